The Morgan fingerprint density at radius 3 is 2.09 bits per heavy atom. The Morgan fingerprint density at radius 2 is 1.41 bits per heavy atom. The number of furan rings is 1. The largest absolute Gasteiger partial charge is 0.496 e. The van der Waals surface area contributed by atoms with Crippen molar-refractivity contribution in [1.82, 2.24) is 0 Å². The summed E-state index contributed by atoms with van der Waals surface area (Å²) in [7, 11) is 3.05. The van der Waals surface area contributed by atoms with Gasteiger partial charge in [-0.2, -0.15) is 0 Å². The summed E-state index contributed by atoms with van der Waals surface area (Å²) in [5.41, 5.74) is 1.61. The number of rotatable bonds is 5. The molecule has 0 aliphatic carbocycles. The van der Waals surface area contributed by atoms with Crippen LogP contribution in [0.1, 0.15) is 21.9 Å². The van der Waals surface area contributed by atoms with Crippen molar-refractivity contribution < 1.29 is 23.4 Å². The molecule has 32 heavy (non-hydrogen) atoms. The fourth-order valence-electron chi connectivity index (χ4n) is 3.74. The quantitative estimate of drug-likeness (QED) is 0.315. The third kappa shape index (κ3) is 3.83. The first-order chi connectivity index (χ1) is 15.4. The van der Waals surface area contributed by atoms with E-state index >= 15 is 0 Å². The van der Waals surface area contributed by atoms with Crippen molar-refractivity contribution in [2.45, 2.75) is 13.8 Å². The molecule has 0 saturated heterocycles. The molecule has 0 aliphatic rings. The second-order valence-corrected chi connectivity index (χ2v) is 7.26. The van der Waals surface area contributed by atoms with Crippen molar-refractivity contribution in [2.75, 3.05) is 14.2 Å². The van der Waals surface area contributed by atoms with Crippen molar-refractivity contribution in [1.29, 1.82) is 0 Å². The minimum atomic E-state index is -0.486. The average molecular weight is 430 g/mol. The number of ether oxygens (including phenoxy) is 3. The van der Waals surface area contributed by atoms with Gasteiger partial charge in [-0.15, -0.1) is 0 Å². The van der Waals surface area contributed by atoms with E-state index in [1.807, 2.05) is 6.07 Å². The topological polar surface area (TPSA) is 75.0 Å². The van der Waals surface area contributed by atoms with Gasteiger partial charge >= 0.3 is 5.97 Å². The van der Waals surface area contributed by atoms with Crippen molar-refractivity contribution in [3.8, 4) is 28.4 Å². The molecule has 4 aromatic rings. The van der Waals surface area contributed by atoms with Crippen molar-refractivity contribution in [3.05, 3.63) is 88.0 Å². The van der Waals surface area contributed by atoms with Crippen molar-refractivity contribution >= 4 is 16.7 Å². The molecule has 0 bridgehead atoms. The summed E-state index contributed by atoms with van der Waals surface area (Å²) >= 11 is 0. The fraction of sp³-hybridized carbons (Fsp3) is 0.154. The summed E-state index contributed by atoms with van der Waals surface area (Å²) in [5.74, 6) is 1.86. The van der Waals surface area contributed by atoms with Crippen LogP contribution in [-0.4, -0.2) is 20.2 Å². The van der Waals surface area contributed by atoms with Gasteiger partial charge in [0.25, 0.3) is 0 Å². The monoisotopic (exact) mass is 430 g/mol. The van der Waals surface area contributed by atoms with Crippen molar-refractivity contribution in [2.24, 2.45) is 0 Å². The Balaban J connectivity index is 1.79. The maximum atomic E-state index is 13.0. The first-order valence-corrected chi connectivity index (χ1v) is 10.0. The highest BCUT2D eigenvalue weighted by Crippen LogP contribution is 2.36. The van der Waals surface area contributed by atoms with Crippen LogP contribution in [0.5, 0.6) is 17.2 Å². The van der Waals surface area contributed by atoms with Crippen LogP contribution in [-0.2, 0) is 0 Å². The maximum Gasteiger partial charge on any atom is 0.343 e. The molecule has 0 atom stereocenters. The molecule has 0 fully saturated rings. The summed E-state index contributed by atoms with van der Waals surface area (Å²) < 4.78 is 22.2. The summed E-state index contributed by atoms with van der Waals surface area (Å²) in [6, 6.07) is 17.2. The smallest absolute Gasteiger partial charge is 0.343 e. The Hall–Kier alpha value is -4.06. The van der Waals surface area contributed by atoms with E-state index in [0.717, 1.165) is 0 Å². The Kier molecular flexibility index (Phi) is 5.69. The molecule has 4 rings (SSSR count). The van der Waals surface area contributed by atoms with E-state index in [-0.39, 0.29) is 11.2 Å². The lowest BCUT2D eigenvalue weighted by molar-refractivity contribution is 0.0729. The molecular weight excluding hydrogens is 408 g/mol. The number of hydrogen-bond acceptors (Lipinski definition) is 6. The molecule has 162 valence electrons. The first-order valence-electron chi connectivity index (χ1n) is 10.0. The summed E-state index contributed by atoms with van der Waals surface area (Å²) in [6.07, 6.45) is 0. The summed E-state index contributed by atoms with van der Waals surface area (Å²) in [6.45, 7) is 3.56. The van der Waals surface area contributed by atoms with E-state index < -0.39 is 5.97 Å². The predicted molar refractivity (Wildman–Crippen MR) is 122 cm³/mol. The fourth-order valence-corrected chi connectivity index (χ4v) is 3.74. The maximum absolute atomic E-state index is 13.0. The predicted octanol–water partition coefficient (Wildman–Crippen LogP) is 5.31. The van der Waals surface area contributed by atoms with Gasteiger partial charge in [-0.1, -0.05) is 24.3 Å². The molecule has 6 nitrogen and oxygen atoms in total. The normalized spacial score (nSPS) is 10.8. The molecule has 0 radical (unpaired) electrons. The molecule has 0 saturated carbocycles. The van der Waals surface area contributed by atoms with Crippen LogP contribution in [0, 0.1) is 13.8 Å². The average Bonchev–Trinajstić information content (AvgIpc) is 3.00. The van der Waals surface area contributed by atoms with E-state index in [9.17, 15) is 9.59 Å². The first kappa shape index (κ1) is 21.2. The second-order valence-electron chi connectivity index (χ2n) is 7.26. The third-order valence-corrected chi connectivity index (χ3v) is 5.26. The number of carbonyl (C=O) groups excluding carboxylic acids is 1. The van der Waals surface area contributed by atoms with Gasteiger partial charge in [-0.25, -0.2) is 4.79 Å². The minimum Gasteiger partial charge on any atom is -0.496 e. The number of methoxy groups -OCH3 is 2. The van der Waals surface area contributed by atoms with E-state index in [0.29, 0.717) is 50.5 Å². The SMILES string of the molecule is COc1cc(-c2cc(OC)c3c(C)oc(C)c3c(=O)c2)ccc1OC(=O)c1ccccc1. The Bertz CT molecular complexity index is 1370. The number of carbonyl (C=O) groups is 1. The summed E-state index contributed by atoms with van der Waals surface area (Å²) in [5, 5.41) is 1.15. The highest BCUT2D eigenvalue weighted by atomic mass is 16.6. The van der Waals surface area contributed by atoms with Gasteiger partial charge in [0.05, 0.1) is 30.6 Å². The van der Waals surface area contributed by atoms with Crippen LogP contribution in [0.15, 0.2) is 69.9 Å². The molecule has 3 aromatic carbocycles. The van der Waals surface area contributed by atoms with Crippen LogP contribution in [0.4, 0.5) is 0 Å². The van der Waals surface area contributed by atoms with Gasteiger partial charge in [0.2, 0.25) is 0 Å². The highest BCUT2D eigenvalue weighted by Gasteiger charge is 2.17. The minimum absolute atomic E-state index is 0.175. The van der Waals surface area contributed by atoms with Crippen LogP contribution in [0.3, 0.4) is 0 Å². The van der Waals surface area contributed by atoms with E-state index in [1.165, 1.54) is 13.2 Å². The lowest BCUT2D eigenvalue weighted by atomic mass is 10.1. The zero-order chi connectivity index (χ0) is 22.8. The zero-order valence-electron chi connectivity index (χ0n) is 18.2. The second kappa shape index (κ2) is 8.59. The number of fused-ring (bicyclic) bond motifs is 1. The van der Waals surface area contributed by atoms with Crippen LogP contribution >= 0.6 is 0 Å². The molecule has 1 aromatic heterocycles. The highest BCUT2D eigenvalue weighted by molar-refractivity contribution is 5.93. The number of aryl methyl sites for hydroxylation is 2. The molecule has 0 spiro atoms. The van der Waals surface area contributed by atoms with Crippen molar-refractivity contribution in [3.63, 3.8) is 0 Å². The lowest BCUT2D eigenvalue weighted by Gasteiger charge is -2.11. The Morgan fingerprint density at radius 1 is 0.750 bits per heavy atom. The molecular formula is C26H22O6. The van der Waals surface area contributed by atoms with Gasteiger partial charge in [0.1, 0.15) is 17.3 Å². The molecule has 6 heteroatoms. The molecule has 0 N–H and O–H groups in total. The van der Waals surface area contributed by atoms with Gasteiger partial charge in [0.15, 0.2) is 16.9 Å². The molecule has 0 amide bonds. The molecule has 1 heterocycles. The third-order valence-electron chi connectivity index (χ3n) is 5.26. The van der Waals surface area contributed by atoms with Gasteiger partial charge in [-0.05, 0) is 61.4 Å². The van der Waals surface area contributed by atoms with Gasteiger partial charge in [0, 0.05) is 0 Å². The summed E-state index contributed by atoms with van der Waals surface area (Å²) in [4.78, 5) is 25.4. The lowest BCUT2D eigenvalue weighted by Crippen LogP contribution is -2.09. The van der Waals surface area contributed by atoms with Gasteiger partial charge < -0.3 is 18.6 Å². The van der Waals surface area contributed by atoms with E-state index in [1.54, 1.807) is 69.5 Å². The van der Waals surface area contributed by atoms with Crippen LogP contribution < -0.4 is 19.6 Å². The molecule has 0 aliphatic heterocycles. The van der Waals surface area contributed by atoms with Crippen LogP contribution in [0.2, 0.25) is 0 Å². The number of hydrogen-bond donors (Lipinski definition) is 0. The molecule has 0 unspecified atom stereocenters. The van der Waals surface area contributed by atoms with Crippen LogP contribution in [0.25, 0.3) is 21.9 Å². The standard InChI is InChI=1S/C26H22O6/c1-15-24-20(27)12-19(14-23(30-4)25(24)16(2)31-15)18-10-11-21(22(13-18)29-3)32-26(28)17-8-6-5-7-9-17/h5-14H,1-4H3. The number of esters is 1. The Labute approximate surface area is 185 Å². The van der Waals surface area contributed by atoms with Gasteiger partial charge in [-0.3, -0.25) is 4.79 Å². The number of benzene rings is 2. The zero-order valence-corrected chi connectivity index (χ0v) is 18.2. The van der Waals surface area contributed by atoms with E-state index in [2.05, 4.69) is 0 Å². The van der Waals surface area contributed by atoms with E-state index in [4.69, 9.17) is 18.6 Å².